The molecule has 4 rings (SSSR count). The van der Waals surface area contributed by atoms with E-state index in [1.165, 1.54) is 11.0 Å². The zero-order valence-electron chi connectivity index (χ0n) is 15.5. The molecule has 0 spiro atoms. The van der Waals surface area contributed by atoms with Gasteiger partial charge in [0.2, 0.25) is 5.91 Å². The van der Waals surface area contributed by atoms with E-state index in [2.05, 4.69) is 0 Å². The molecule has 2 heterocycles. The van der Waals surface area contributed by atoms with Gasteiger partial charge in [-0.2, -0.15) is 0 Å². The number of carbonyl (C=O) groups is 2. The molecule has 146 valence electrons. The highest BCUT2D eigenvalue weighted by Crippen LogP contribution is 2.42. The molecule has 2 atom stereocenters. The van der Waals surface area contributed by atoms with E-state index in [1.807, 2.05) is 30.3 Å². The molecule has 28 heavy (non-hydrogen) atoms. The number of ether oxygens (including phenoxy) is 1. The van der Waals surface area contributed by atoms with Crippen LogP contribution in [0.4, 0.5) is 4.39 Å². The molecule has 6 nitrogen and oxygen atoms in total. The molecule has 0 radical (unpaired) electrons. The summed E-state index contributed by atoms with van der Waals surface area (Å²) in [7, 11) is 1.76. The minimum absolute atomic E-state index is 0.0573. The lowest BCUT2D eigenvalue weighted by Gasteiger charge is -2.54. The van der Waals surface area contributed by atoms with Crippen LogP contribution in [0.1, 0.15) is 22.3 Å². The number of benzene rings is 2. The van der Waals surface area contributed by atoms with Gasteiger partial charge in [0.05, 0.1) is 11.1 Å². The van der Waals surface area contributed by atoms with Gasteiger partial charge in [0.1, 0.15) is 24.3 Å². The summed E-state index contributed by atoms with van der Waals surface area (Å²) in [5.74, 6) is -1.46. The van der Waals surface area contributed by atoms with Crippen LogP contribution >= 0.6 is 0 Å². The minimum Gasteiger partial charge on any atom is -0.508 e. The second-order valence-corrected chi connectivity index (χ2v) is 7.21. The number of carbonyl (C=O) groups excluding carboxylic acids is 2. The average Bonchev–Trinajstić information content (AvgIpc) is 2.72. The number of nitrogens with zero attached hydrogens (tertiary/aromatic N) is 2. The van der Waals surface area contributed by atoms with Crippen molar-refractivity contribution in [3.05, 3.63) is 65.5 Å². The van der Waals surface area contributed by atoms with Crippen LogP contribution in [0.2, 0.25) is 0 Å². The first-order valence-electron chi connectivity index (χ1n) is 9.15. The minimum atomic E-state index is -0.681. The summed E-state index contributed by atoms with van der Waals surface area (Å²) in [6.07, 6.45) is 0.0338. The van der Waals surface area contributed by atoms with Crippen molar-refractivity contribution in [2.45, 2.75) is 18.1 Å². The van der Waals surface area contributed by atoms with Gasteiger partial charge in [-0.05, 0) is 30.2 Å². The Labute approximate surface area is 162 Å². The monoisotopic (exact) mass is 384 g/mol. The Morgan fingerprint density at radius 3 is 2.75 bits per heavy atom. The molecule has 0 aliphatic carbocycles. The molecule has 0 unspecified atom stereocenters. The van der Waals surface area contributed by atoms with E-state index in [1.54, 1.807) is 11.9 Å². The molecule has 2 aromatic rings. The maximum atomic E-state index is 14.1. The second kappa shape index (κ2) is 6.91. The number of hydrogen-bond acceptors (Lipinski definition) is 4. The van der Waals surface area contributed by atoms with Crippen LogP contribution in [0.5, 0.6) is 5.75 Å². The topological polar surface area (TPSA) is 70.1 Å². The van der Waals surface area contributed by atoms with Crippen molar-refractivity contribution in [2.75, 3.05) is 26.7 Å². The summed E-state index contributed by atoms with van der Waals surface area (Å²) in [6.45, 7) is 0.499. The Morgan fingerprint density at radius 1 is 1.25 bits per heavy atom. The third kappa shape index (κ3) is 2.82. The molecule has 2 amide bonds. The van der Waals surface area contributed by atoms with Crippen molar-refractivity contribution in [1.82, 2.24) is 9.80 Å². The number of halogens is 1. The molecule has 2 aliphatic heterocycles. The standard InChI is InChI=1S/C21H21FN2O4/c1-23-19(26)13-28-18-12-24(20(27)16-11-15(25)7-8-17(16)22)10-9-21(18,23)14-5-3-2-4-6-14/h2-8,11,18,25H,9-10,12-13H2,1H3/t18-,21+/m1/s1. The lowest BCUT2D eigenvalue weighted by molar-refractivity contribution is -0.180. The molecule has 2 aliphatic rings. The van der Waals surface area contributed by atoms with Gasteiger partial charge in [-0.3, -0.25) is 9.59 Å². The summed E-state index contributed by atoms with van der Waals surface area (Å²) in [4.78, 5) is 28.5. The highest BCUT2D eigenvalue weighted by atomic mass is 19.1. The van der Waals surface area contributed by atoms with Gasteiger partial charge in [0.15, 0.2) is 0 Å². The third-order valence-corrected chi connectivity index (χ3v) is 5.80. The molecular formula is C21H21FN2O4. The van der Waals surface area contributed by atoms with Crippen LogP contribution in [-0.2, 0) is 15.1 Å². The van der Waals surface area contributed by atoms with Crippen molar-refractivity contribution < 1.29 is 23.8 Å². The van der Waals surface area contributed by atoms with Crippen molar-refractivity contribution in [3.63, 3.8) is 0 Å². The first-order valence-corrected chi connectivity index (χ1v) is 9.15. The number of hydrogen-bond donors (Lipinski definition) is 1. The van der Waals surface area contributed by atoms with E-state index in [0.717, 1.165) is 17.7 Å². The zero-order chi connectivity index (χ0) is 19.9. The number of fused-ring (bicyclic) bond motifs is 1. The van der Waals surface area contributed by atoms with Crippen LogP contribution in [0.15, 0.2) is 48.5 Å². The van der Waals surface area contributed by atoms with E-state index in [0.29, 0.717) is 13.0 Å². The smallest absolute Gasteiger partial charge is 0.257 e. The second-order valence-electron chi connectivity index (χ2n) is 7.21. The third-order valence-electron chi connectivity index (χ3n) is 5.80. The van der Waals surface area contributed by atoms with Crippen LogP contribution in [0.3, 0.4) is 0 Å². The number of piperidine rings is 1. The van der Waals surface area contributed by atoms with Crippen molar-refractivity contribution in [2.24, 2.45) is 0 Å². The SMILES string of the molecule is CN1C(=O)CO[C@@H]2CN(C(=O)c3cc(O)ccc3F)CC[C@]21c1ccccc1. The van der Waals surface area contributed by atoms with Gasteiger partial charge < -0.3 is 19.6 Å². The van der Waals surface area contributed by atoms with Gasteiger partial charge in [0.25, 0.3) is 5.91 Å². The molecule has 2 aromatic carbocycles. The van der Waals surface area contributed by atoms with Gasteiger partial charge in [-0.25, -0.2) is 4.39 Å². The molecule has 0 saturated carbocycles. The Bertz CT molecular complexity index is 920. The molecule has 2 fully saturated rings. The highest BCUT2D eigenvalue weighted by molar-refractivity contribution is 5.95. The van der Waals surface area contributed by atoms with Gasteiger partial charge in [-0.1, -0.05) is 30.3 Å². The highest BCUT2D eigenvalue weighted by Gasteiger charge is 2.53. The van der Waals surface area contributed by atoms with Gasteiger partial charge >= 0.3 is 0 Å². The molecule has 7 heteroatoms. The van der Waals surface area contributed by atoms with Gasteiger partial charge in [-0.15, -0.1) is 0 Å². The van der Waals surface area contributed by atoms with Crippen LogP contribution in [0, 0.1) is 5.82 Å². The molecule has 0 aromatic heterocycles. The van der Waals surface area contributed by atoms with E-state index >= 15 is 0 Å². The average molecular weight is 384 g/mol. The fourth-order valence-corrected chi connectivity index (χ4v) is 4.26. The van der Waals surface area contributed by atoms with Crippen molar-refractivity contribution in [1.29, 1.82) is 0 Å². The number of morpholine rings is 1. The maximum Gasteiger partial charge on any atom is 0.257 e. The van der Waals surface area contributed by atoms with Crippen LogP contribution < -0.4 is 0 Å². The van der Waals surface area contributed by atoms with E-state index < -0.39 is 23.4 Å². The maximum absolute atomic E-state index is 14.1. The molecule has 2 saturated heterocycles. The summed E-state index contributed by atoms with van der Waals surface area (Å²) in [6, 6.07) is 13.0. The lowest BCUT2D eigenvalue weighted by Crippen LogP contribution is -2.67. The number of likely N-dealkylation sites (tertiary alicyclic amines) is 1. The summed E-state index contributed by atoms with van der Waals surface area (Å²) in [5, 5.41) is 9.62. The number of likely N-dealkylation sites (N-methyl/N-ethyl adjacent to an activating group) is 1. The van der Waals surface area contributed by atoms with E-state index in [4.69, 9.17) is 4.74 Å². The Balaban J connectivity index is 1.67. The Morgan fingerprint density at radius 2 is 2.00 bits per heavy atom. The predicted molar refractivity (Wildman–Crippen MR) is 99.2 cm³/mol. The van der Waals surface area contributed by atoms with E-state index in [-0.39, 0.29) is 30.4 Å². The molecular weight excluding hydrogens is 363 g/mol. The molecule has 0 bridgehead atoms. The zero-order valence-corrected chi connectivity index (χ0v) is 15.5. The van der Waals surface area contributed by atoms with Crippen LogP contribution in [0.25, 0.3) is 0 Å². The lowest BCUT2D eigenvalue weighted by atomic mass is 9.76. The summed E-state index contributed by atoms with van der Waals surface area (Å²) in [5.41, 5.74) is 0.101. The molecule has 1 N–H and O–H groups in total. The fraction of sp³-hybridized carbons (Fsp3) is 0.333. The fourth-order valence-electron chi connectivity index (χ4n) is 4.26. The Kier molecular flexibility index (Phi) is 4.55. The predicted octanol–water partition coefficient (Wildman–Crippen LogP) is 2.13. The Hall–Kier alpha value is -2.93. The number of rotatable bonds is 2. The number of phenolic OH excluding ortho intramolecular Hbond substituents is 1. The number of amides is 2. The summed E-state index contributed by atoms with van der Waals surface area (Å²) < 4.78 is 20.0. The number of aromatic hydroxyl groups is 1. The first-order chi connectivity index (χ1) is 13.4. The normalized spacial score (nSPS) is 24.8. The quantitative estimate of drug-likeness (QED) is 0.861. The van der Waals surface area contributed by atoms with Crippen molar-refractivity contribution in [3.8, 4) is 5.75 Å². The summed E-state index contributed by atoms with van der Waals surface area (Å²) >= 11 is 0. The van der Waals surface area contributed by atoms with E-state index in [9.17, 15) is 19.1 Å². The number of phenols is 1. The van der Waals surface area contributed by atoms with Crippen molar-refractivity contribution >= 4 is 11.8 Å². The van der Waals surface area contributed by atoms with Gasteiger partial charge in [0, 0.05) is 20.1 Å². The largest absolute Gasteiger partial charge is 0.508 e. The van der Waals surface area contributed by atoms with Crippen LogP contribution in [-0.4, -0.2) is 59.6 Å². The first kappa shape index (κ1) is 18.4.